The van der Waals surface area contributed by atoms with E-state index < -0.39 is 0 Å². The zero-order chi connectivity index (χ0) is 44.3. The first-order valence-electron chi connectivity index (χ1n) is 22.9. The SMILES string of the molecule is c1ccc(-c2ccc(-c3cccc4c3c3c5ccccc5ccc3n4-c3cccc(N(c4ccc(-c5ccccc5)cc4)c4ccc(-c5cccc6c5oc5ccccc56)cc4)c3)cc2)cc1. The number of furan rings is 1. The lowest BCUT2D eigenvalue weighted by Crippen LogP contribution is -2.10. The molecule has 314 valence electrons. The van der Waals surface area contributed by atoms with Gasteiger partial charge in [-0.2, -0.15) is 0 Å². The highest BCUT2D eigenvalue weighted by molar-refractivity contribution is 6.25. The summed E-state index contributed by atoms with van der Waals surface area (Å²) in [4.78, 5) is 2.37. The second-order valence-corrected chi connectivity index (χ2v) is 17.3. The normalized spacial score (nSPS) is 11.6. The summed E-state index contributed by atoms with van der Waals surface area (Å²) in [5.74, 6) is 0. The van der Waals surface area contributed by atoms with Crippen molar-refractivity contribution in [2.24, 2.45) is 0 Å². The van der Waals surface area contributed by atoms with Crippen LogP contribution >= 0.6 is 0 Å². The Hall–Kier alpha value is -8.92. The molecule has 0 fully saturated rings. The van der Waals surface area contributed by atoms with Gasteiger partial charge in [0.1, 0.15) is 11.2 Å². The Morgan fingerprint density at radius 3 is 1.57 bits per heavy atom. The van der Waals surface area contributed by atoms with Crippen molar-refractivity contribution in [2.45, 2.75) is 0 Å². The zero-order valence-electron chi connectivity index (χ0n) is 36.6. The first-order valence-corrected chi connectivity index (χ1v) is 22.9. The van der Waals surface area contributed by atoms with E-state index in [-0.39, 0.29) is 0 Å². The third kappa shape index (κ3) is 6.59. The van der Waals surface area contributed by atoms with Gasteiger partial charge in [0.2, 0.25) is 0 Å². The lowest BCUT2D eigenvalue weighted by atomic mass is 9.95. The lowest BCUT2D eigenvalue weighted by Gasteiger charge is -2.26. The lowest BCUT2D eigenvalue weighted by molar-refractivity contribution is 0.670. The van der Waals surface area contributed by atoms with Gasteiger partial charge in [0.25, 0.3) is 0 Å². The van der Waals surface area contributed by atoms with Crippen molar-refractivity contribution in [3.8, 4) is 50.2 Å². The summed E-state index contributed by atoms with van der Waals surface area (Å²) in [7, 11) is 0. The minimum absolute atomic E-state index is 0.900. The predicted molar refractivity (Wildman–Crippen MR) is 282 cm³/mol. The Morgan fingerprint density at radius 1 is 0.313 bits per heavy atom. The van der Waals surface area contributed by atoms with Gasteiger partial charge in [0, 0.05) is 49.9 Å². The molecule has 11 aromatic carbocycles. The Morgan fingerprint density at radius 2 is 0.836 bits per heavy atom. The Balaban J connectivity index is 0.970. The van der Waals surface area contributed by atoms with Gasteiger partial charge in [-0.25, -0.2) is 0 Å². The number of aromatic nitrogens is 1. The highest BCUT2D eigenvalue weighted by atomic mass is 16.3. The Bertz CT molecular complexity index is 3940. The van der Waals surface area contributed by atoms with Gasteiger partial charge in [-0.15, -0.1) is 0 Å². The van der Waals surface area contributed by atoms with Crippen LogP contribution in [0.2, 0.25) is 0 Å². The monoisotopic (exact) mass is 854 g/mol. The fraction of sp³-hybridized carbons (Fsp3) is 0. The largest absolute Gasteiger partial charge is 0.455 e. The fourth-order valence-electron chi connectivity index (χ4n) is 10.2. The molecule has 13 aromatic rings. The summed E-state index contributed by atoms with van der Waals surface area (Å²) in [6.45, 7) is 0. The molecule has 0 saturated heterocycles. The summed E-state index contributed by atoms with van der Waals surface area (Å²) in [6, 6.07) is 91.9. The number of rotatable bonds is 8. The van der Waals surface area contributed by atoms with Crippen molar-refractivity contribution in [1.29, 1.82) is 0 Å². The quantitative estimate of drug-likeness (QED) is 0.152. The summed E-state index contributed by atoms with van der Waals surface area (Å²) in [5.41, 5.74) is 17.8. The van der Waals surface area contributed by atoms with Crippen molar-refractivity contribution < 1.29 is 4.42 Å². The number of hydrogen-bond acceptors (Lipinski definition) is 2. The smallest absolute Gasteiger partial charge is 0.143 e. The topological polar surface area (TPSA) is 21.3 Å². The minimum Gasteiger partial charge on any atom is -0.455 e. The van der Waals surface area contributed by atoms with Gasteiger partial charge in [0.05, 0.1) is 11.0 Å². The van der Waals surface area contributed by atoms with E-state index in [2.05, 4.69) is 252 Å². The van der Waals surface area contributed by atoms with Crippen LogP contribution in [0.4, 0.5) is 17.1 Å². The molecule has 67 heavy (non-hydrogen) atoms. The van der Waals surface area contributed by atoms with Crippen LogP contribution in [0.1, 0.15) is 0 Å². The average Bonchev–Trinajstić information content (AvgIpc) is 3.96. The van der Waals surface area contributed by atoms with Crippen molar-refractivity contribution in [3.05, 3.63) is 255 Å². The van der Waals surface area contributed by atoms with Crippen LogP contribution in [0.25, 0.3) is 105 Å². The molecule has 0 aliphatic rings. The third-order valence-electron chi connectivity index (χ3n) is 13.4. The summed E-state index contributed by atoms with van der Waals surface area (Å²) < 4.78 is 8.93. The fourth-order valence-corrected chi connectivity index (χ4v) is 10.2. The number of nitrogens with zero attached hydrogens (tertiary/aromatic N) is 2. The van der Waals surface area contributed by atoms with E-state index >= 15 is 0 Å². The number of fused-ring (bicyclic) bond motifs is 8. The molecular formula is C64H42N2O. The molecule has 0 radical (unpaired) electrons. The first-order chi connectivity index (χ1) is 33.2. The predicted octanol–water partition coefficient (Wildman–Crippen LogP) is 18.0. The molecule has 0 N–H and O–H groups in total. The second-order valence-electron chi connectivity index (χ2n) is 17.3. The molecule has 0 atom stereocenters. The molecule has 0 bridgehead atoms. The first kappa shape index (κ1) is 38.5. The highest BCUT2D eigenvalue weighted by Crippen LogP contribution is 2.44. The van der Waals surface area contributed by atoms with Crippen molar-refractivity contribution in [1.82, 2.24) is 4.57 Å². The molecule has 0 aliphatic heterocycles. The highest BCUT2D eigenvalue weighted by Gasteiger charge is 2.21. The molecule has 0 unspecified atom stereocenters. The van der Waals surface area contributed by atoms with Crippen LogP contribution in [-0.2, 0) is 0 Å². The molecule has 0 amide bonds. The average molecular weight is 855 g/mol. The minimum atomic E-state index is 0.900. The maximum atomic E-state index is 6.48. The second kappa shape index (κ2) is 16.0. The molecule has 3 heteroatoms. The van der Waals surface area contributed by atoms with Gasteiger partial charge in [-0.1, -0.05) is 194 Å². The van der Waals surface area contributed by atoms with Gasteiger partial charge < -0.3 is 13.9 Å². The third-order valence-corrected chi connectivity index (χ3v) is 13.4. The molecule has 2 heterocycles. The van der Waals surface area contributed by atoms with Gasteiger partial charge in [-0.05, 0) is 110 Å². The van der Waals surface area contributed by atoms with Crippen molar-refractivity contribution in [3.63, 3.8) is 0 Å². The van der Waals surface area contributed by atoms with Crippen molar-refractivity contribution in [2.75, 3.05) is 4.90 Å². The molecule has 0 saturated carbocycles. The Labute approximate surface area is 388 Å². The molecular weight excluding hydrogens is 813 g/mol. The number of hydrogen-bond donors (Lipinski definition) is 0. The van der Waals surface area contributed by atoms with Crippen LogP contribution in [0.3, 0.4) is 0 Å². The standard InChI is InChI=1S/C64H42N2O/c1-3-14-43(15-4-1)45-28-30-48(31-29-45)55-23-13-26-59-62(55)63-54-21-8-7-18-47(54)36-41-60(63)66(59)53-20-11-19-52(42-53)65(50-37-32-46(33-38-50)44-16-5-2-6-17-44)51-39-34-49(35-40-51)56-24-12-25-58-57-22-9-10-27-61(57)67-64(56)58/h1-42H. The zero-order valence-corrected chi connectivity index (χ0v) is 36.6. The van der Waals surface area contributed by atoms with Gasteiger partial charge in [0.15, 0.2) is 0 Å². The maximum absolute atomic E-state index is 6.48. The van der Waals surface area contributed by atoms with E-state index in [9.17, 15) is 0 Å². The molecule has 2 aromatic heterocycles. The van der Waals surface area contributed by atoms with Crippen LogP contribution in [-0.4, -0.2) is 4.57 Å². The molecule has 13 rings (SSSR count). The number of benzene rings is 11. The van der Waals surface area contributed by atoms with Crippen LogP contribution < -0.4 is 4.90 Å². The van der Waals surface area contributed by atoms with E-state index in [4.69, 9.17) is 4.42 Å². The van der Waals surface area contributed by atoms with E-state index in [1.54, 1.807) is 0 Å². The Kier molecular flexibility index (Phi) is 9.17. The van der Waals surface area contributed by atoms with Crippen LogP contribution in [0.15, 0.2) is 259 Å². The number of anilines is 3. The molecule has 0 spiro atoms. The summed E-state index contributed by atoms with van der Waals surface area (Å²) in [6.07, 6.45) is 0. The van der Waals surface area contributed by atoms with Gasteiger partial charge >= 0.3 is 0 Å². The molecule has 3 nitrogen and oxygen atoms in total. The summed E-state index contributed by atoms with van der Waals surface area (Å²) in [5, 5.41) is 7.22. The van der Waals surface area contributed by atoms with E-state index in [1.807, 2.05) is 12.1 Å². The maximum Gasteiger partial charge on any atom is 0.143 e. The van der Waals surface area contributed by atoms with Gasteiger partial charge in [-0.3, -0.25) is 0 Å². The van der Waals surface area contributed by atoms with E-state index in [0.717, 1.165) is 61.3 Å². The van der Waals surface area contributed by atoms with Crippen LogP contribution in [0, 0.1) is 0 Å². The van der Waals surface area contributed by atoms with E-state index in [1.165, 1.54) is 60.4 Å². The number of para-hydroxylation sites is 2. The van der Waals surface area contributed by atoms with Crippen LogP contribution in [0.5, 0.6) is 0 Å². The van der Waals surface area contributed by atoms with Crippen molar-refractivity contribution >= 4 is 71.6 Å². The summed E-state index contributed by atoms with van der Waals surface area (Å²) >= 11 is 0. The molecule has 0 aliphatic carbocycles. The van der Waals surface area contributed by atoms with E-state index in [0.29, 0.717) is 0 Å².